The smallest absolute Gasteiger partial charge is 0.324 e. The van der Waals surface area contributed by atoms with E-state index in [2.05, 4.69) is 0 Å². The molecule has 0 aromatic heterocycles. The van der Waals surface area contributed by atoms with Crippen molar-refractivity contribution in [3.8, 4) is 0 Å². The second-order valence-corrected chi connectivity index (χ2v) is 5.43. The lowest BCUT2D eigenvalue weighted by molar-refractivity contribution is -0.148. The first-order valence-electron chi connectivity index (χ1n) is 6.91. The number of benzene rings is 1. The molecule has 1 N–H and O–H groups in total. The van der Waals surface area contributed by atoms with Crippen molar-refractivity contribution in [2.45, 2.75) is 19.8 Å². The summed E-state index contributed by atoms with van der Waals surface area (Å²) in [7, 11) is 1.60. The first-order valence-corrected chi connectivity index (χ1v) is 6.91. The molecule has 1 aromatic rings. The van der Waals surface area contributed by atoms with Crippen LogP contribution in [0.3, 0.4) is 0 Å². The van der Waals surface area contributed by atoms with E-state index in [-0.39, 0.29) is 18.4 Å². The molecule has 2 amide bonds. The lowest BCUT2D eigenvalue weighted by atomic mass is 9.84. The van der Waals surface area contributed by atoms with Crippen molar-refractivity contribution in [2.24, 2.45) is 5.41 Å². The van der Waals surface area contributed by atoms with Crippen LogP contribution >= 0.6 is 0 Å². The van der Waals surface area contributed by atoms with E-state index in [9.17, 15) is 19.1 Å². The number of amides is 2. The minimum atomic E-state index is -0.857. The maximum Gasteiger partial charge on any atom is 0.324 e. The van der Waals surface area contributed by atoms with Crippen molar-refractivity contribution in [3.05, 3.63) is 30.1 Å². The van der Waals surface area contributed by atoms with Gasteiger partial charge in [0.05, 0.1) is 5.41 Å². The first kappa shape index (κ1) is 15.3. The highest BCUT2D eigenvalue weighted by Gasteiger charge is 2.45. The molecule has 2 rings (SSSR count). The van der Waals surface area contributed by atoms with Crippen molar-refractivity contribution < 1.29 is 19.1 Å². The molecule has 1 atom stereocenters. The minimum Gasteiger partial charge on any atom is -0.481 e. The van der Waals surface area contributed by atoms with E-state index in [1.54, 1.807) is 11.9 Å². The number of carbonyl (C=O) groups excluding carboxylic acids is 1. The standard InChI is InChI=1S/C15H19FN2O3/c1-3-15(13(19)20)8-9-18(10-15)14(21)17(2)12-6-4-11(16)5-7-12/h4-7H,3,8-10H2,1-2H3,(H,19,20). The zero-order chi connectivity index (χ0) is 15.6. The molecular formula is C15H19FN2O3. The molecular weight excluding hydrogens is 275 g/mol. The van der Waals surface area contributed by atoms with Crippen molar-refractivity contribution in [1.29, 1.82) is 0 Å². The second-order valence-electron chi connectivity index (χ2n) is 5.43. The fraction of sp³-hybridized carbons (Fsp3) is 0.467. The number of rotatable bonds is 3. The van der Waals surface area contributed by atoms with Gasteiger partial charge < -0.3 is 10.0 Å². The monoisotopic (exact) mass is 294 g/mol. The van der Waals surface area contributed by atoms with E-state index in [1.807, 2.05) is 6.92 Å². The summed E-state index contributed by atoms with van der Waals surface area (Å²) in [5.74, 6) is -1.22. The molecule has 6 heteroatoms. The summed E-state index contributed by atoms with van der Waals surface area (Å²) in [6.45, 7) is 2.46. The molecule has 5 nitrogen and oxygen atoms in total. The molecule has 21 heavy (non-hydrogen) atoms. The number of urea groups is 1. The number of carbonyl (C=O) groups is 2. The van der Waals surface area contributed by atoms with Gasteiger partial charge in [-0.3, -0.25) is 9.69 Å². The van der Waals surface area contributed by atoms with E-state index in [4.69, 9.17) is 0 Å². The highest BCUT2D eigenvalue weighted by Crippen LogP contribution is 2.34. The van der Waals surface area contributed by atoms with Crippen molar-refractivity contribution in [2.75, 3.05) is 25.0 Å². The lowest BCUT2D eigenvalue weighted by Crippen LogP contribution is -2.42. The van der Waals surface area contributed by atoms with Crippen LogP contribution in [0.25, 0.3) is 0 Å². The largest absolute Gasteiger partial charge is 0.481 e. The average molecular weight is 294 g/mol. The Bertz CT molecular complexity index is 546. The number of halogens is 1. The Morgan fingerprint density at radius 1 is 1.38 bits per heavy atom. The summed E-state index contributed by atoms with van der Waals surface area (Å²) in [6, 6.07) is 5.35. The van der Waals surface area contributed by atoms with Crippen LogP contribution in [0.2, 0.25) is 0 Å². The third-order valence-corrected chi connectivity index (χ3v) is 4.26. The zero-order valence-electron chi connectivity index (χ0n) is 12.2. The van der Waals surface area contributed by atoms with Gasteiger partial charge in [-0.15, -0.1) is 0 Å². The summed E-state index contributed by atoms with van der Waals surface area (Å²) in [4.78, 5) is 26.8. The first-order chi connectivity index (χ1) is 9.89. The molecule has 0 spiro atoms. The Balaban J connectivity index is 2.11. The maximum atomic E-state index is 12.9. The lowest BCUT2D eigenvalue weighted by Gasteiger charge is -2.27. The second kappa shape index (κ2) is 5.71. The SMILES string of the molecule is CCC1(C(=O)O)CCN(C(=O)N(C)c2ccc(F)cc2)C1. The molecule has 1 fully saturated rings. The number of nitrogens with zero attached hydrogens (tertiary/aromatic N) is 2. The van der Waals surface area contributed by atoms with Gasteiger partial charge >= 0.3 is 12.0 Å². The fourth-order valence-corrected chi connectivity index (χ4v) is 2.64. The molecule has 1 aromatic carbocycles. The van der Waals surface area contributed by atoms with E-state index >= 15 is 0 Å². The van der Waals surface area contributed by atoms with Crippen molar-refractivity contribution in [3.63, 3.8) is 0 Å². The van der Waals surface area contributed by atoms with Crippen LogP contribution in [0.4, 0.5) is 14.9 Å². The normalized spacial score (nSPS) is 21.4. The van der Waals surface area contributed by atoms with Gasteiger partial charge in [-0.05, 0) is 37.1 Å². The Labute approximate surface area is 123 Å². The van der Waals surface area contributed by atoms with Gasteiger partial charge in [0.2, 0.25) is 0 Å². The van der Waals surface area contributed by atoms with Gasteiger partial charge in [-0.2, -0.15) is 0 Å². The minimum absolute atomic E-state index is 0.212. The maximum absolute atomic E-state index is 12.9. The van der Waals surface area contributed by atoms with E-state index in [1.165, 1.54) is 29.2 Å². The van der Waals surface area contributed by atoms with Crippen molar-refractivity contribution in [1.82, 2.24) is 4.90 Å². The number of likely N-dealkylation sites (tertiary alicyclic amines) is 1. The van der Waals surface area contributed by atoms with Crippen LogP contribution < -0.4 is 4.90 Å². The Morgan fingerprint density at radius 3 is 2.48 bits per heavy atom. The molecule has 0 aliphatic carbocycles. The predicted octanol–water partition coefficient (Wildman–Crippen LogP) is 2.57. The van der Waals surface area contributed by atoms with E-state index in [0.29, 0.717) is 25.1 Å². The van der Waals surface area contributed by atoms with Gasteiger partial charge in [0.15, 0.2) is 0 Å². The fourth-order valence-electron chi connectivity index (χ4n) is 2.64. The summed E-state index contributed by atoms with van der Waals surface area (Å²) < 4.78 is 12.9. The predicted molar refractivity (Wildman–Crippen MR) is 76.7 cm³/mol. The molecule has 0 saturated carbocycles. The molecule has 0 bridgehead atoms. The van der Waals surface area contributed by atoms with Gasteiger partial charge in [0, 0.05) is 25.8 Å². The average Bonchev–Trinajstić information content (AvgIpc) is 2.92. The molecule has 1 aliphatic heterocycles. The van der Waals surface area contributed by atoms with Crippen LogP contribution in [0.15, 0.2) is 24.3 Å². The molecule has 1 unspecified atom stereocenters. The topological polar surface area (TPSA) is 60.9 Å². The summed E-state index contributed by atoms with van der Waals surface area (Å²) in [5, 5.41) is 9.36. The summed E-state index contributed by atoms with van der Waals surface area (Å²) in [6.07, 6.45) is 0.953. The third kappa shape index (κ3) is 2.84. The number of aliphatic carboxylic acids is 1. The number of hydrogen-bond donors (Lipinski definition) is 1. The van der Waals surface area contributed by atoms with Crippen LogP contribution in [0.1, 0.15) is 19.8 Å². The van der Waals surface area contributed by atoms with Gasteiger partial charge in [0.1, 0.15) is 5.82 Å². The summed E-state index contributed by atoms with van der Waals surface area (Å²) in [5.41, 5.74) is -0.273. The Morgan fingerprint density at radius 2 is 2.00 bits per heavy atom. The highest BCUT2D eigenvalue weighted by atomic mass is 19.1. The molecule has 1 saturated heterocycles. The number of anilines is 1. The summed E-state index contributed by atoms with van der Waals surface area (Å²) >= 11 is 0. The van der Waals surface area contributed by atoms with Crippen LogP contribution in [0.5, 0.6) is 0 Å². The van der Waals surface area contributed by atoms with Gasteiger partial charge in [-0.25, -0.2) is 9.18 Å². The van der Waals surface area contributed by atoms with E-state index < -0.39 is 11.4 Å². The highest BCUT2D eigenvalue weighted by molar-refractivity contribution is 5.92. The Kier molecular flexibility index (Phi) is 4.16. The Hall–Kier alpha value is -2.11. The third-order valence-electron chi connectivity index (χ3n) is 4.26. The van der Waals surface area contributed by atoms with Crippen LogP contribution in [-0.2, 0) is 4.79 Å². The zero-order valence-corrected chi connectivity index (χ0v) is 12.2. The molecule has 1 aliphatic rings. The molecule has 114 valence electrons. The van der Waals surface area contributed by atoms with E-state index in [0.717, 1.165) is 0 Å². The number of hydrogen-bond acceptors (Lipinski definition) is 2. The number of carboxylic acids is 1. The van der Waals surface area contributed by atoms with Gasteiger partial charge in [0.25, 0.3) is 0 Å². The molecule has 0 radical (unpaired) electrons. The quantitative estimate of drug-likeness (QED) is 0.932. The van der Waals surface area contributed by atoms with Gasteiger partial charge in [-0.1, -0.05) is 6.92 Å². The van der Waals surface area contributed by atoms with Crippen LogP contribution in [0, 0.1) is 11.2 Å². The van der Waals surface area contributed by atoms with Crippen molar-refractivity contribution >= 4 is 17.7 Å². The number of carboxylic acid groups (broad SMARTS) is 1. The van der Waals surface area contributed by atoms with Crippen LogP contribution in [-0.4, -0.2) is 42.1 Å². The molecule has 1 heterocycles.